The minimum Gasteiger partial charge on any atom is -0.383 e. The molecule has 1 aromatic heterocycles. The van der Waals surface area contributed by atoms with Crippen molar-refractivity contribution in [2.45, 2.75) is 19.4 Å². The van der Waals surface area contributed by atoms with Crippen molar-refractivity contribution in [3.63, 3.8) is 0 Å². The number of ether oxygens (including phenoxy) is 1. The summed E-state index contributed by atoms with van der Waals surface area (Å²) in [5.74, 6) is 0.921. The SMILES string of the molecule is Cc1ccnc(N)c1C(N)C1CCOC1. The highest BCUT2D eigenvalue weighted by Gasteiger charge is 2.26. The molecule has 1 aromatic rings. The van der Waals surface area contributed by atoms with Crippen molar-refractivity contribution in [2.75, 3.05) is 18.9 Å². The lowest BCUT2D eigenvalue weighted by atomic mass is 9.91. The summed E-state index contributed by atoms with van der Waals surface area (Å²) < 4.78 is 5.34. The number of nitrogen functional groups attached to an aromatic ring is 1. The Kier molecular flexibility index (Phi) is 2.88. The van der Waals surface area contributed by atoms with Gasteiger partial charge in [0.05, 0.1) is 6.61 Å². The van der Waals surface area contributed by atoms with Crippen LogP contribution >= 0.6 is 0 Å². The molecule has 1 fully saturated rings. The van der Waals surface area contributed by atoms with Gasteiger partial charge in [-0.3, -0.25) is 0 Å². The van der Waals surface area contributed by atoms with E-state index in [0.717, 1.165) is 30.8 Å². The van der Waals surface area contributed by atoms with Gasteiger partial charge in [0.2, 0.25) is 0 Å². The summed E-state index contributed by atoms with van der Waals surface area (Å²) in [6.45, 7) is 3.55. The largest absolute Gasteiger partial charge is 0.383 e. The number of nitrogens with two attached hydrogens (primary N) is 2. The van der Waals surface area contributed by atoms with Gasteiger partial charge < -0.3 is 16.2 Å². The third kappa shape index (κ3) is 1.96. The lowest BCUT2D eigenvalue weighted by Gasteiger charge is -2.20. The maximum absolute atomic E-state index is 6.20. The first kappa shape index (κ1) is 10.4. The van der Waals surface area contributed by atoms with Crippen LogP contribution in [0.4, 0.5) is 5.82 Å². The molecule has 4 N–H and O–H groups in total. The van der Waals surface area contributed by atoms with Gasteiger partial charge >= 0.3 is 0 Å². The summed E-state index contributed by atoms with van der Waals surface area (Å²) in [7, 11) is 0. The molecule has 0 saturated carbocycles. The molecule has 0 aromatic carbocycles. The highest BCUT2D eigenvalue weighted by Crippen LogP contribution is 2.30. The van der Waals surface area contributed by atoms with E-state index in [0.29, 0.717) is 11.7 Å². The molecule has 82 valence electrons. The first-order valence-corrected chi connectivity index (χ1v) is 5.24. The quantitative estimate of drug-likeness (QED) is 0.759. The van der Waals surface area contributed by atoms with Gasteiger partial charge in [0, 0.05) is 30.3 Å². The maximum atomic E-state index is 6.20. The molecule has 2 atom stereocenters. The van der Waals surface area contributed by atoms with Crippen LogP contribution in [0.3, 0.4) is 0 Å². The third-order valence-corrected chi connectivity index (χ3v) is 3.05. The van der Waals surface area contributed by atoms with Gasteiger partial charge in [0.15, 0.2) is 0 Å². The molecule has 15 heavy (non-hydrogen) atoms. The molecule has 0 bridgehead atoms. The van der Waals surface area contributed by atoms with Gasteiger partial charge in [0.1, 0.15) is 5.82 Å². The van der Waals surface area contributed by atoms with Crippen LogP contribution in [0.1, 0.15) is 23.6 Å². The van der Waals surface area contributed by atoms with E-state index in [1.165, 1.54) is 0 Å². The smallest absolute Gasteiger partial charge is 0.128 e. The molecule has 1 aliphatic rings. The number of aromatic nitrogens is 1. The number of anilines is 1. The number of pyridine rings is 1. The molecule has 4 heteroatoms. The molecule has 4 nitrogen and oxygen atoms in total. The monoisotopic (exact) mass is 207 g/mol. The van der Waals surface area contributed by atoms with E-state index in [2.05, 4.69) is 4.98 Å². The van der Waals surface area contributed by atoms with Crippen molar-refractivity contribution in [1.29, 1.82) is 0 Å². The Hall–Kier alpha value is -1.13. The molecule has 0 aliphatic carbocycles. The summed E-state index contributed by atoms with van der Waals surface area (Å²) >= 11 is 0. The van der Waals surface area contributed by atoms with Crippen molar-refractivity contribution >= 4 is 5.82 Å². The van der Waals surface area contributed by atoms with E-state index < -0.39 is 0 Å². The molecule has 1 aliphatic heterocycles. The van der Waals surface area contributed by atoms with Gasteiger partial charge in [-0.1, -0.05) is 0 Å². The van der Waals surface area contributed by atoms with Gasteiger partial charge in [-0.15, -0.1) is 0 Å². The third-order valence-electron chi connectivity index (χ3n) is 3.05. The number of nitrogens with zero attached hydrogens (tertiary/aromatic N) is 1. The Morgan fingerprint density at radius 1 is 1.60 bits per heavy atom. The normalized spacial score (nSPS) is 22.9. The zero-order valence-corrected chi connectivity index (χ0v) is 8.94. The Balaban J connectivity index is 2.27. The second-order valence-corrected chi connectivity index (χ2v) is 4.08. The topological polar surface area (TPSA) is 74.2 Å². The van der Waals surface area contributed by atoms with Crippen molar-refractivity contribution in [3.05, 3.63) is 23.4 Å². The Morgan fingerprint density at radius 2 is 2.40 bits per heavy atom. The van der Waals surface area contributed by atoms with Crippen LogP contribution in [0, 0.1) is 12.8 Å². The van der Waals surface area contributed by atoms with Crippen LogP contribution < -0.4 is 11.5 Å². The van der Waals surface area contributed by atoms with Gasteiger partial charge in [-0.25, -0.2) is 4.98 Å². The Bertz CT molecular complexity index is 327. The van der Waals surface area contributed by atoms with Crippen molar-refractivity contribution in [2.24, 2.45) is 11.7 Å². The number of hydrogen-bond donors (Lipinski definition) is 2. The van der Waals surface area contributed by atoms with E-state index in [4.69, 9.17) is 16.2 Å². The summed E-state index contributed by atoms with van der Waals surface area (Å²) in [6, 6.07) is 1.89. The lowest BCUT2D eigenvalue weighted by Crippen LogP contribution is -2.24. The van der Waals surface area contributed by atoms with Crippen LogP contribution in [0.15, 0.2) is 12.3 Å². The van der Waals surface area contributed by atoms with Crippen molar-refractivity contribution in [3.8, 4) is 0 Å². The second-order valence-electron chi connectivity index (χ2n) is 4.08. The van der Waals surface area contributed by atoms with Crippen LogP contribution in [0.25, 0.3) is 0 Å². The van der Waals surface area contributed by atoms with Gasteiger partial charge in [0.25, 0.3) is 0 Å². The van der Waals surface area contributed by atoms with E-state index in [-0.39, 0.29) is 6.04 Å². The zero-order valence-electron chi connectivity index (χ0n) is 8.94. The highest BCUT2D eigenvalue weighted by atomic mass is 16.5. The second kappa shape index (κ2) is 4.16. The molecule has 0 radical (unpaired) electrons. The molecule has 2 unspecified atom stereocenters. The maximum Gasteiger partial charge on any atom is 0.128 e. The fourth-order valence-electron chi connectivity index (χ4n) is 2.10. The average Bonchev–Trinajstić information content (AvgIpc) is 2.69. The molecule has 0 amide bonds. The van der Waals surface area contributed by atoms with Crippen LogP contribution in [-0.4, -0.2) is 18.2 Å². The molecule has 1 saturated heterocycles. The fourth-order valence-corrected chi connectivity index (χ4v) is 2.10. The first-order chi connectivity index (χ1) is 7.20. The highest BCUT2D eigenvalue weighted by molar-refractivity contribution is 5.46. The lowest BCUT2D eigenvalue weighted by molar-refractivity contribution is 0.181. The summed E-state index contributed by atoms with van der Waals surface area (Å²) in [4.78, 5) is 4.09. The zero-order chi connectivity index (χ0) is 10.8. The van der Waals surface area contributed by atoms with Gasteiger partial charge in [-0.05, 0) is 25.0 Å². The molecule has 0 spiro atoms. The first-order valence-electron chi connectivity index (χ1n) is 5.24. The number of aryl methyl sites for hydroxylation is 1. The molecular weight excluding hydrogens is 190 g/mol. The molecule has 2 heterocycles. The summed E-state index contributed by atoms with van der Waals surface area (Å²) in [6.07, 6.45) is 2.72. The minimum absolute atomic E-state index is 0.0544. The minimum atomic E-state index is -0.0544. The van der Waals surface area contributed by atoms with Crippen LogP contribution in [-0.2, 0) is 4.74 Å². The van der Waals surface area contributed by atoms with Crippen molar-refractivity contribution in [1.82, 2.24) is 4.98 Å². The average molecular weight is 207 g/mol. The van der Waals surface area contributed by atoms with Crippen molar-refractivity contribution < 1.29 is 4.74 Å². The van der Waals surface area contributed by atoms with Crippen LogP contribution in [0.2, 0.25) is 0 Å². The Morgan fingerprint density at radius 3 is 3.00 bits per heavy atom. The Labute approximate surface area is 89.6 Å². The summed E-state index contributed by atoms with van der Waals surface area (Å²) in [5.41, 5.74) is 14.2. The van der Waals surface area contributed by atoms with E-state index in [1.54, 1.807) is 6.20 Å². The van der Waals surface area contributed by atoms with E-state index >= 15 is 0 Å². The van der Waals surface area contributed by atoms with E-state index in [1.807, 2.05) is 13.0 Å². The molecular formula is C11H17N3O. The fraction of sp³-hybridized carbons (Fsp3) is 0.545. The van der Waals surface area contributed by atoms with Gasteiger partial charge in [-0.2, -0.15) is 0 Å². The number of hydrogen-bond acceptors (Lipinski definition) is 4. The predicted molar refractivity (Wildman–Crippen MR) is 59.2 cm³/mol. The predicted octanol–water partition coefficient (Wildman–Crippen LogP) is 1.01. The van der Waals surface area contributed by atoms with E-state index in [9.17, 15) is 0 Å². The van der Waals surface area contributed by atoms with Crippen LogP contribution in [0.5, 0.6) is 0 Å². The standard InChI is InChI=1S/C11H17N3O/c1-7-2-4-14-11(13)9(7)10(12)8-3-5-15-6-8/h2,4,8,10H,3,5-6,12H2,1H3,(H2,13,14). The summed E-state index contributed by atoms with van der Waals surface area (Å²) in [5, 5.41) is 0. The number of rotatable bonds is 2. The molecule has 2 rings (SSSR count).